The molecule has 1 aromatic heterocycles. The summed E-state index contributed by atoms with van der Waals surface area (Å²) < 4.78 is 7.28. The van der Waals surface area contributed by atoms with Gasteiger partial charge in [0.15, 0.2) is 5.75 Å². The van der Waals surface area contributed by atoms with Crippen molar-refractivity contribution < 1.29 is 4.74 Å². The molecule has 0 aliphatic rings. The minimum absolute atomic E-state index is 0.883. The lowest BCUT2D eigenvalue weighted by molar-refractivity contribution is 0.366. The summed E-state index contributed by atoms with van der Waals surface area (Å²) in [6.07, 6.45) is 2.73. The molecule has 15 heavy (non-hydrogen) atoms. The number of hydrogen-bond donors (Lipinski definition) is 0. The second-order valence-electron chi connectivity index (χ2n) is 3.63. The number of rotatable bonds is 6. The van der Waals surface area contributed by atoms with Crippen LogP contribution in [0.3, 0.4) is 0 Å². The summed E-state index contributed by atoms with van der Waals surface area (Å²) in [5.74, 6) is 0.883. The summed E-state index contributed by atoms with van der Waals surface area (Å²) in [6.45, 7) is 1.89. The molecule has 1 heterocycles. The SMILES string of the molecule is COc1cnn(CCN(C)C)c1CCBr. The summed E-state index contributed by atoms with van der Waals surface area (Å²) in [7, 11) is 5.81. The molecular formula is C10H18BrN3O. The Hall–Kier alpha value is -0.550. The van der Waals surface area contributed by atoms with Crippen molar-refractivity contribution in [2.45, 2.75) is 13.0 Å². The van der Waals surface area contributed by atoms with Crippen LogP contribution in [0.4, 0.5) is 0 Å². The van der Waals surface area contributed by atoms with Crippen molar-refractivity contribution in [3.63, 3.8) is 0 Å². The van der Waals surface area contributed by atoms with Gasteiger partial charge in [0.05, 0.1) is 25.5 Å². The normalized spacial score (nSPS) is 11.0. The molecule has 86 valence electrons. The Morgan fingerprint density at radius 2 is 2.27 bits per heavy atom. The quantitative estimate of drug-likeness (QED) is 0.736. The number of nitrogens with zero attached hydrogens (tertiary/aromatic N) is 3. The molecule has 0 aliphatic heterocycles. The van der Waals surface area contributed by atoms with Gasteiger partial charge in [-0.05, 0) is 14.1 Å². The highest BCUT2D eigenvalue weighted by atomic mass is 79.9. The third kappa shape index (κ3) is 3.50. The standard InChI is InChI=1S/C10H18BrN3O/c1-13(2)6-7-14-9(4-5-11)10(15-3)8-12-14/h8H,4-7H2,1-3H3. The van der Waals surface area contributed by atoms with E-state index in [9.17, 15) is 0 Å². The van der Waals surface area contributed by atoms with Crippen molar-refractivity contribution in [3.05, 3.63) is 11.9 Å². The molecular weight excluding hydrogens is 258 g/mol. The fraction of sp³-hybridized carbons (Fsp3) is 0.700. The van der Waals surface area contributed by atoms with Crippen LogP contribution in [0, 0.1) is 0 Å². The third-order valence-electron chi connectivity index (χ3n) is 2.22. The van der Waals surface area contributed by atoms with Crippen molar-refractivity contribution in [2.24, 2.45) is 0 Å². The maximum atomic E-state index is 5.27. The monoisotopic (exact) mass is 275 g/mol. The summed E-state index contributed by atoms with van der Waals surface area (Å²) in [6, 6.07) is 0. The number of ether oxygens (including phenoxy) is 1. The van der Waals surface area contributed by atoms with Crippen molar-refractivity contribution >= 4 is 15.9 Å². The van der Waals surface area contributed by atoms with Gasteiger partial charge >= 0.3 is 0 Å². The van der Waals surface area contributed by atoms with E-state index in [1.807, 2.05) is 4.68 Å². The molecule has 0 amide bonds. The van der Waals surface area contributed by atoms with E-state index in [1.54, 1.807) is 13.3 Å². The Morgan fingerprint density at radius 3 is 2.80 bits per heavy atom. The molecule has 0 unspecified atom stereocenters. The van der Waals surface area contributed by atoms with E-state index in [-0.39, 0.29) is 0 Å². The first kappa shape index (κ1) is 12.5. The van der Waals surface area contributed by atoms with Gasteiger partial charge in [0, 0.05) is 18.3 Å². The van der Waals surface area contributed by atoms with Gasteiger partial charge in [0.25, 0.3) is 0 Å². The van der Waals surface area contributed by atoms with Gasteiger partial charge in [-0.25, -0.2) is 0 Å². The first-order valence-electron chi connectivity index (χ1n) is 4.98. The van der Waals surface area contributed by atoms with Gasteiger partial charge in [-0.2, -0.15) is 5.10 Å². The van der Waals surface area contributed by atoms with E-state index in [1.165, 1.54) is 0 Å². The van der Waals surface area contributed by atoms with Gasteiger partial charge in [0.2, 0.25) is 0 Å². The van der Waals surface area contributed by atoms with Gasteiger partial charge in [0.1, 0.15) is 0 Å². The topological polar surface area (TPSA) is 30.3 Å². The van der Waals surface area contributed by atoms with E-state index >= 15 is 0 Å². The molecule has 0 aliphatic carbocycles. The van der Waals surface area contributed by atoms with Crippen LogP contribution in [0.15, 0.2) is 6.20 Å². The second-order valence-corrected chi connectivity index (χ2v) is 4.42. The lowest BCUT2D eigenvalue weighted by Crippen LogP contribution is -2.20. The first-order valence-corrected chi connectivity index (χ1v) is 6.10. The van der Waals surface area contributed by atoms with Gasteiger partial charge < -0.3 is 9.64 Å². The van der Waals surface area contributed by atoms with Crippen LogP contribution in [0.5, 0.6) is 5.75 Å². The predicted molar refractivity (Wildman–Crippen MR) is 64.8 cm³/mol. The van der Waals surface area contributed by atoms with E-state index in [4.69, 9.17) is 4.74 Å². The van der Waals surface area contributed by atoms with Crippen LogP contribution in [0.2, 0.25) is 0 Å². The van der Waals surface area contributed by atoms with E-state index in [0.29, 0.717) is 0 Å². The average Bonchev–Trinajstić information content (AvgIpc) is 2.58. The van der Waals surface area contributed by atoms with Crippen molar-refractivity contribution in [1.29, 1.82) is 0 Å². The zero-order valence-electron chi connectivity index (χ0n) is 9.53. The lowest BCUT2D eigenvalue weighted by Gasteiger charge is -2.11. The van der Waals surface area contributed by atoms with Crippen LogP contribution in [-0.2, 0) is 13.0 Å². The number of alkyl halides is 1. The van der Waals surface area contributed by atoms with Crippen molar-refractivity contribution in [3.8, 4) is 5.75 Å². The molecule has 0 saturated carbocycles. The van der Waals surface area contributed by atoms with Crippen molar-refractivity contribution in [2.75, 3.05) is 33.1 Å². The Balaban J connectivity index is 2.72. The van der Waals surface area contributed by atoms with Crippen molar-refractivity contribution in [1.82, 2.24) is 14.7 Å². The van der Waals surface area contributed by atoms with E-state index in [2.05, 4.69) is 40.0 Å². The number of methoxy groups -OCH3 is 1. The van der Waals surface area contributed by atoms with E-state index < -0.39 is 0 Å². The Labute approximate surface area is 99.3 Å². The van der Waals surface area contributed by atoms with Crippen LogP contribution < -0.4 is 4.74 Å². The minimum atomic E-state index is 0.883. The third-order valence-corrected chi connectivity index (χ3v) is 2.62. The predicted octanol–water partition coefficient (Wildman–Crippen LogP) is 1.39. The highest BCUT2D eigenvalue weighted by Gasteiger charge is 2.10. The molecule has 4 nitrogen and oxygen atoms in total. The highest BCUT2D eigenvalue weighted by Crippen LogP contribution is 2.18. The summed E-state index contributed by atoms with van der Waals surface area (Å²) >= 11 is 3.44. The number of hydrogen-bond acceptors (Lipinski definition) is 3. The fourth-order valence-corrected chi connectivity index (χ4v) is 1.77. The van der Waals surface area contributed by atoms with Crippen LogP contribution >= 0.6 is 15.9 Å². The maximum Gasteiger partial charge on any atom is 0.159 e. The molecule has 0 bridgehead atoms. The van der Waals surface area contributed by atoms with Crippen LogP contribution in [0.25, 0.3) is 0 Å². The van der Waals surface area contributed by atoms with E-state index in [0.717, 1.165) is 36.3 Å². The van der Waals surface area contributed by atoms with Crippen LogP contribution in [-0.4, -0.2) is 47.8 Å². The molecule has 0 spiro atoms. The zero-order valence-corrected chi connectivity index (χ0v) is 11.1. The highest BCUT2D eigenvalue weighted by molar-refractivity contribution is 9.09. The largest absolute Gasteiger partial charge is 0.493 e. The molecule has 0 radical (unpaired) electrons. The average molecular weight is 276 g/mol. The molecule has 0 fully saturated rings. The zero-order chi connectivity index (χ0) is 11.3. The van der Waals surface area contributed by atoms with Gasteiger partial charge in [-0.3, -0.25) is 4.68 Å². The lowest BCUT2D eigenvalue weighted by atomic mass is 10.3. The second kappa shape index (κ2) is 6.12. The molecule has 0 aromatic carbocycles. The number of aromatic nitrogens is 2. The fourth-order valence-electron chi connectivity index (χ4n) is 1.39. The summed E-state index contributed by atoms with van der Waals surface area (Å²) in [4.78, 5) is 2.14. The molecule has 1 rings (SSSR count). The van der Waals surface area contributed by atoms with Crippen LogP contribution in [0.1, 0.15) is 5.69 Å². The number of likely N-dealkylation sites (N-methyl/N-ethyl adjacent to an activating group) is 1. The Kier molecular flexibility index (Phi) is 5.11. The summed E-state index contributed by atoms with van der Waals surface area (Å²) in [5.41, 5.74) is 1.16. The Bertz CT molecular complexity index is 299. The first-order chi connectivity index (χ1) is 7.19. The molecule has 0 N–H and O–H groups in total. The summed E-state index contributed by atoms with van der Waals surface area (Å²) in [5, 5.41) is 5.25. The maximum absolute atomic E-state index is 5.27. The minimum Gasteiger partial charge on any atom is -0.493 e. The molecule has 5 heteroatoms. The molecule has 0 atom stereocenters. The van der Waals surface area contributed by atoms with Gasteiger partial charge in [-0.15, -0.1) is 0 Å². The molecule has 1 aromatic rings. The smallest absolute Gasteiger partial charge is 0.159 e. The Morgan fingerprint density at radius 1 is 1.53 bits per heavy atom. The molecule has 0 saturated heterocycles. The van der Waals surface area contributed by atoms with Gasteiger partial charge in [-0.1, -0.05) is 15.9 Å². The number of halogens is 1.